The van der Waals surface area contributed by atoms with Crippen molar-refractivity contribution in [1.29, 1.82) is 10.5 Å². The summed E-state index contributed by atoms with van der Waals surface area (Å²) in [4.78, 5) is 0. The van der Waals surface area contributed by atoms with Gasteiger partial charge in [0.05, 0.1) is 0 Å². The molecule has 0 atom stereocenters. The zero-order chi connectivity index (χ0) is 4.00. The van der Waals surface area contributed by atoms with Crippen molar-refractivity contribution in [2.45, 2.75) is 0 Å². The molecule has 0 aliphatic rings. The molecule has 0 aliphatic carbocycles. The van der Waals surface area contributed by atoms with E-state index in [1.54, 1.807) is 0 Å². The second-order valence-corrected chi connectivity index (χ2v) is 0. The minimum Gasteiger partial charge on any atom is -0.512 e. The van der Waals surface area contributed by atoms with Gasteiger partial charge in [-0.25, -0.2) is 0 Å². The molecule has 4 heteroatoms. The predicted octanol–water partition coefficient (Wildman–Crippen LogP) is -0.191. The molecule has 0 amide bonds. The van der Waals surface area contributed by atoms with Gasteiger partial charge in [0.2, 0.25) is 0 Å². The molecular formula is C2CsN2Ni. The average molecular weight is 244 g/mol. The molecule has 0 aromatic heterocycles. The normalized spacial score (nSPS) is 0.667. The van der Waals surface area contributed by atoms with E-state index in [2.05, 4.69) is 0 Å². The van der Waals surface area contributed by atoms with Gasteiger partial charge in [0.15, 0.2) is 0 Å². The van der Waals surface area contributed by atoms with Gasteiger partial charge in [0.25, 0.3) is 0 Å². The Bertz CT molecular complexity index is 27.0. The Hall–Kier alpha value is 1.53. The predicted molar refractivity (Wildman–Crippen MR) is 15.7 cm³/mol. The Morgan fingerprint density at radius 2 is 0.833 bits per heavy atom. The van der Waals surface area contributed by atoms with Gasteiger partial charge >= 0.3 is 16.5 Å². The summed E-state index contributed by atoms with van der Waals surface area (Å²) in [6.07, 6.45) is 0. The molecule has 0 aliphatic heterocycles. The van der Waals surface area contributed by atoms with Crippen LogP contribution in [-0.4, -0.2) is 68.9 Å². The summed E-state index contributed by atoms with van der Waals surface area (Å²) < 4.78 is 0. The van der Waals surface area contributed by atoms with Gasteiger partial charge in [0, 0.05) is 68.9 Å². The van der Waals surface area contributed by atoms with Crippen LogP contribution < -0.4 is 0 Å². The van der Waals surface area contributed by atoms with Gasteiger partial charge in [-0.2, -0.15) is 0 Å². The van der Waals surface area contributed by atoms with Crippen molar-refractivity contribution in [3.05, 3.63) is 13.1 Å². The van der Waals surface area contributed by atoms with E-state index in [1.165, 1.54) is 0 Å². The third-order valence-electron chi connectivity index (χ3n) is 0. The summed E-state index contributed by atoms with van der Waals surface area (Å²) in [7, 11) is 0. The summed E-state index contributed by atoms with van der Waals surface area (Å²) in [5, 5.41) is 12.5. The first-order chi connectivity index (χ1) is 2.00. The molecule has 0 spiro atoms. The van der Waals surface area contributed by atoms with E-state index in [-0.39, 0.29) is 85.4 Å². The van der Waals surface area contributed by atoms with E-state index in [4.69, 9.17) is 23.7 Å². The molecule has 0 saturated heterocycles. The van der Waals surface area contributed by atoms with Crippen LogP contribution in [0.4, 0.5) is 0 Å². The maximum absolute atomic E-state index is 6.25. The molecule has 6 heavy (non-hydrogen) atoms. The molecular weight excluding hydrogens is 244 g/mol. The Kier molecular flexibility index (Phi) is 368. The van der Waals surface area contributed by atoms with Crippen molar-refractivity contribution in [2.24, 2.45) is 0 Å². The molecule has 29 valence electrons. The second-order valence-electron chi connectivity index (χ2n) is 0. The SMILES string of the molecule is [C-]#N.[C-]#N.[Cs].[Ni+2]. The first kappa shape index (κ1) is 25.8. The molecule has 0 aromatic rings. The zero-order valence-electron chi connectivity index (χ0n) is 3.21. The average Bonchev–Trinajstić information content (AvgIpc) is 1.50. The van der Waals surface area contributed by atoms with Crippen LogP contribution in [-0.2, 0) is 16.5 Å². The third-order valence-corrected chi connectivity index (χ3v) is 0. The summed E-state index contributed by atoms with van der Waals surface area (Å²) in [6.45, 7) is 9.50. The Labute approximate surface area is 106 Å². The van der Waals surface area contributed by atoms with Crippen LogP contribution in [0.15, 0.2) is 0 Å². The van der Waals surface area contributed by atoms with Gasteiger partial charge in [0.1, 0.15) is 0 Å². The topological polar surface area (TPSA) is 47.6 Å². The molecule has 0 N–H and O–H groups in total. The van der Waals surface area contributed by atoms with E-state index in [0.717, 1.165) is 0 Å². The molecule has 0 saturated carbocycles. The minimum atomic E-state index is 0. The van der Waals surface area contributed by atoms with Gasteiger partial charge in [-0.3, -0.25) is 0 Å². The van der Waals surface area contributed by atoms with Crippen LogP contribution in [0.25, 0.3) is 0 Å². The van der Waals surface area contributed by atoms with Crippen molar-refractivity contribution in [1.82, 2.24) is 0 Å². The smallest absolute Gasteiger partial charge is 0.512 e. The second kappa shape index (κ2) is 85.6. The van der Waals surface area contributed by atoms with Gasteiger partial charge in [-0.15, -0.1) is 0 Å². The maximum atomic E-state index is 6.25. The van der Waals surface area contributed by atoms with Crippen molar-refractivity contribution in [3.8, 4) is 0 Å². The molecule has 0 rings (SSSR count). The van der Waals surface area contributed by atoms with E-state index < -0.39 is 0 Å². The van der Waals surface area contributed by atoms with Crippen LogP contribution in [0.5, 0.6) is 0 Å². The van der Waals surface area contributed by atoms with Crippen molar-refractivity contribution < 1.29 is 16.5 Å². The molecule has 0 aromatic carbocycles. The summed E-state index contributed by atoms with van der Waals surface area (Å²) in [5.41, 5.74) is 0. The first-order valence-electron chi connectivity index (χ1n) is 0.447. The standard InChI is InChI=1S/2CN.Cs.Ni/c2*1-2;;/q2*-1;;+2. The number of hydrogen-bond acceptors (Lipinski definition) is 2. The van der Waals surface area contributed by atoms with Crippen molar-refractivity contribution in [3.63, 3.8) is 0 Å². The Morgan fingerprint density at radius 3 is 0.833 bits per heavy atom. The minimum absolute atomic E-state index is 0. The number of rotatable bonds is 0. The third kappa shape index (κ3) is 48.6. The summed E-state index contributed by atoms with van der Waals surface area (Å²) >= 11 is 0. The number of nitrogens with zero attached hydrogens (tertiary/aromatic N) is 2. The van der Waals surface area contributed by atoms with E-state index >= 15 is 0 Å². The van der Waals surface area contributed by atoms with Gasteiger partial charge in [-0.1, -0.05) is 0 Å². The van der Waals surface area contributed by atoms with E-state index in [1.807, 2.05) is 0 Å². The Balaban J connectivity index is -0.00000000500. The largest absolute Gasteiger partial charge is 2.00 e. The molecule has 0 heterocycles. The first-order valence-corrected chi connectivity index (χ1v) is 0.447. The van der Waals surface area contributed by atoms with Crippen LogP contribution in [0, 0.1) is 23.7 Å². The molecule has 1 radical (unpaired) electrons. The van der Waals surface area contributed by atoms with Crippen LogP contribution >= 0.6 is 0 Å². The molecule has 0 fully saturated rings. The maximum Gasteiger partial charge on any atom is 2.00 e. The van der Waals surface area contributed by atoms with Crippen LogP contribution in [0.1, 0.15) is 0 Å². The zero-order valence-corrected chi connectivity index (χ0v) is 10.5. The van der Waals surface area contributed by atoms with Crippen LogP contribution in [0.2, 0.25) is 0 Å². The monoisotopic (exact) mass is 243 g/mol. The fraction of sp³-hybridized carbons (Fsp3) is 0. The summed E-state index contributed by atoms with van der Waals surface area (Å²) in [5.74, 6) is 0. The van der Waals surface area contributed by atoms with Crippen LogP contribution in [0.3, 0.4) is 0 Å². The van der Waals surface area contributed by atoms with Crippen molar-refractivity contribution >= 4 is 68.9 Å². The fourth-order valence-corrected chi connectivity index (χ4v) is 0. The Morgan fingerprint density at radius 1 is 0.833 bits per heavy atom. The van der Waals surface area contributed by atoms with E-state index in [9.17, 15) is 0 Å². The van der Waals surface area contributed by atoms with Gasteiger partial charge in [-0.05, 0) is 0 Å². The van der Waals surface area contributed by atoms with E-state index in [0.29, 0.717) is 0 Å². The number of hydrogen-bond donors (Lipinski definition) is 0. The fourth-order valence-electron chi connectivity index (χ4n) is 0. The molecule has 0 bridgehead atoms. The molecule has 2 nitrogen and oxygen atoms in total. The molecule has 0 unspecified atom stereocenters. The van der Waals surface area contributed by atoms with Crippen molar-refractivity contribution in [2.75, 3.05) is 0 Å². The van der Waals surface area contributed by atoms with Gasteiger partial charge < -0.3 is 23.7 Å². The summed E-state index contributed by atoms with van der Waals surface area (Å²) in [6, 6.07) is 0. The quantitative estimate of drug-likeness (QED) is 0.437.